The average Bonchev–Trinajstić information content (AvgIpc) is 3.40. The summed E-state index contributed by atoms with van der Waals surface area (Å²) in [4.78, 5) is 20.7. The number of allylic oxidation sites excluding steroid dienone is 2. The van der Waals surface area contributed by atoms with Crippen molar-refractivity contribution < 1.29 is 13.2 Å². The van der Waals surface area contributed by atoms with E-state index in [2.05, 4.69) is 21.3 Å². The highest BCUT2D eigenvalue weighted by Crippen LogP contribution is 2.29. The van der Waals surface area contributed by atoms with Gasteiger partial charge in [-0.05, 0) is 81.0 Å². The van der Waals surface area contributed by atoms with Gasteiger partial charge in [0.05, 0.1) is 22.5 Å². The number of carbonyl (C=O) groups is 1. The molecule has 0 aliphatic carbocycles. The van der Waals surface area contributed by atoms with Crippen LogP contribution in [0.4, 0.5) is 5.69 Å². The lowest BCUT2D eigenvalue weighted by Gasteiger charge is -2.32. The number of nitrogens with one attached hydrogen (secondary N) is 1. The quantitative estimate of drug-likeness (QED) is 0.188. The second-order valence-electron chi connectivity index (χ2n) is 9.00. The van der Waals surface area contributed by atoms with Crippen molar-refractivity contribution in [3.8, 4) is 0 Å². The van der Waals surface area contributed by atoms with Gasteiger partial charge in [0.15, 0.2) is 0 Å². The maximum atomic E-state index is 13.4. The van der Waals surface area contributed by atoms with E-state index in [9.17, 15) is 13.2 Å². The second kappa shape index (κ2) is 13.6. The van der Waals surface area contributed by atoms with Gasteiger partial charge in [-0.15, -0.1) is 0 Å². The Morgan fingerprint density at radius 2 is 1.89 bits per heavy atom. The summed E-state index contributed by atoms with van der Waals surface area (Å²) < 4.78 is 28.7. The number of sulfonamides is 1. The summed E-state index contributed by atoms with van der Waals surface area (Å²) in [6.45, 7) is 7.52. The lowest BCUT2D eigenvalue weighted by Crippen LogP contribution is -2.39. The first-order valence-corrected chi connectivity index (χ1v) is 14.7. The van der Waals surface area contributed by atoms with Crippen LogP contribution in [0.15, 0.2) is 69.7 Å². The molecule has 2 aromatic rings. The molecule has 1 atom stereocenters. The lowest BCUT2D eigenvalue weighted by molar-refractivity contribution is -0.131. The highest BCUT2D eigenvalue weighted by Gasteiger charge is 2.27. The standard InChI is InChI=1S/C27H31Cl3N4O3S/c1-4-8-25(27(30)31-2)38(36,37)32-21-10-7-9-20(17-21)24(18-34-13-5-6-14-34)33(3)26(35)16-19-11-12-22(28)23(29)15-19/h4,7-12,15,17,24,32H,2,5-6,13-14,16,18H2,1,3H3/b8-4-,27-25+/t24-/m1/s1. The molecular weight excluding hydrogens is 567 g/mol. The monoisotopic (exact) mass is 596 g/mol. The predicted octanol–water partition coefficient (Wildman–Crippen LogP) is 6.26. The Kier molecular flexibility index (Phi) is 10.8. The summed E-state index contributed by atoms with van der Waals surface area (Å²) in [5, 5.41) is 0.595. The fraction of sp³-hybridized carbons (Fsp3) is 0.333. The zero-order chi connectivity index (χ0) is 27.9. The van der Waals surface area contributed by atoms with Gasteiger partial charge in [0.25, 0.3) is 10.0 Å². The van der Waals surface area contributed by atoms with Crippen LogP contribution in [0.2, 0.25) is 10.0 Å². The molecular formula is C27H31Cl3N4O3S. The average molecular weight is 598 g/mol. The van der Waals surface area contributed by atoms with Crippen molar-refractivity contribution in [2.45, 2.75) is 32.2 Å². The zero-order valence-electron chi connectivity index (χ0n) is 21.3. The van der Waals surface area contributed by atoms with E-state index in [0.717, 1.165) is 37.1 Å². The van der Waals surface area contributed by atoms with Gasteiger partial charge >= 0.3 is 0 Å². The molecule has 0 bridgehead atoms. The molecule has 11 heteroatoms. The van der Waals surface area contributed by atoms with Crippen LogP contribution in [-0.2, 0) is 21.2 Å². The van der Waals surface area contributed by atoms with Crippen molar-refractivity contribution >= 4 is 63.1 Å². The normalized spacial score (nSPS) is 15.8. The molecule has 2 aromatic carbocycles. The zero-order valence-corrected chi connectivity index (χ0v) is 24.4. The first-order chi connectivity index (χ1) is 18.1. The summed E-state index contributed by atoms with van der Waals surface area (Å²) in [7, 11) is -2.27. The summed E-state index contributed by atoms with van der Waals surface area (Å²) in [5.74, 6) is -0.0966. The van der Waals surface area contributed by atoms with E-state index >= 15 is 0 Å². The van der Waals surface area contributed by atoms with E-state index in [1.165, 1.54) is 6.08 Å². The molecule has 1 fully saturated rings. The molecule has 0 radical (unpaired) electrons. The molecule has 7 nitrogen and oxygen atoms in total. The largest absolute Gasteiger partial charge is 0.337 e. The number of nitrogens with zero attached hydrogens (tertiary/aromatic N) is 3. The number of amides is 1. The number of hydrogen-bond acceptors (Lipinski definition) is 5. The van der Waals surface area contributed by atoms with Gasteiger partial charge in [-0.1, -0.05) is 59.1 Å². The molecule has 0 spiro atoms. The number of halogens is 3. The van der Waals surface area contributed by atoms with Crippen LogP contribution in [0.5, 0.6) is 0 Å². The third kappa shape index (κ3) is 7.83. The summed E-state index contributed by atoms with van der Waals surface area (Å²) in [6, 6.07) is 11.9. The van der Waals surface area contributed by atoms with E-state index in [-0.39, 0.29) is 28.4 Å². The van der Waals surface area contributed by atoms with Crippen molar-refractivity contribution in [3.05, 3.63) is 85.9 Å². The fourth-order valence-electron chi connectivity index (χ4n) is 4.30. The smallest absolute Gasteiger partial charge is 0.264 e. The Morgan fingerprint density at radius 3 is 2.53 bits per heavy atom. The first kappa shape index (κ1) is 30.2. The Balaban J connectivity index is 1.90. The van der Waals surface area contributed by atoms with Gasteiger partial charge in [-0.25, -0.2) is 8.42 Å². The number of rotatable bonds is 11. The SMILES string of the molecule is C=N/C(Cl)=C(\C=C/C)S(=O)(=O)Nc1cccc([C@@H](CN2CCCC2)N(C)C(=O)Cc2ccc(Cl)c(Cl)c2)c1. The molecule has 1 saturated heterocycles. The van der Waals surface area contributed by atoms with Gasteiger partial charge in [-0.3, -0.25) is 14.5 Å². The summed E-state index contributed by atoms with van der Waals surface area (Å²) in [5.41, 5.74) is 1.90. The minimum Gasteiger partial charge on any atom is -0.337 e. The summed E-state index contributed by atoms with van der Waals surface area (Å²) >= 11 is 18.2. The first-order valence-electron chi connectivity index (χ1n) is 12.1. The van der Waals surface area contributed by atoms with Crippen LogP contribution in [0.1, 0.15) is 36.9 Å². The van der Waals surface area contributed by atoms with Gasteiger partial charge in [-0.2, -0.15) is 0 Å². The van der Waals surface area contributed by atoms with Crippen molar-refractivity contribution in [2.24, 2.45) is 4.99 Å². The number of hydrogen-bond donors (Lipinski definition) is 1. The highest BCUT2D eigenvalue weighted by molar-refractivity contribution is 7.96. The van der Waals surface area contributed by atoms with E-state index in [1.54, 1.807) is 61.3 Å². The third-order valence-corrected chi connectivity index (χ3v) is 8.89. The number of likely N-dealkylation sites (N-methyl/N-ethyl adjacent to an activating group) is 1. The van der Waals surface area contributed by atoms with Crippen LogP contribution in [-0.4, -0.2) is 57.5 Å². The number of aliphatic imine (C=N–C) groups is 1. The van der Waals surface area contributed by atoms with E-state index in [1.807, 2.05) is 6.07 Å². The van der Waals surface area contributed by atoms with Gasteiger partial charge in [0, 0.05) is 19.3 Å². The Labute approximate surface area is 239 Å². The Morgan fingerprint density at radius 1 is 1.18 bits per heavy atom. The molecule has 1 aliphatic rings. The van der Waals surface area contributed by atoms with Crippen molar-refractivity contribution in [2.75, 3.05) is 31.4 Å². The van der Waals surface area contributed by atoms with Crippen LogP contribution in [0, 0.1) is 0 Å². The molecule has 1 amide bonds. The molecule has 0 saturated carbocycles. The number of likely N-dealkylation sites (tertiary alicyclic amines) is 1. The Hall–Kier alpha value is -2.36. The Bertz CT molecular complexity index is 1340. The highest BCUT2D eigenvalue weighted by atomic mass is 35.5. The minimum atomic E-state index is -4.04. The molecule has 38 heavy (non-hydrogen) atoms. The van der Waals surface area contributed by atoms with Gasteiger partial charge < -0.3 is 9.80 Å². The van der Waals surface area contributed by atoms with Gasteiger partial charge in [0.2, 0.25) is 5.91 Å². The number of benzene rings is 2. The maximum Gasteiger partial charge on any atom is 0.264 e. The molecule has 3 rings (SSSR count). The third-order valence-electron chi connectivity index (χ3n) is 6.30. The molecule has 1 heterocycles. The second-order valence-corrected chi connectivity index (χ2v) is 11.8. The molecule has 1 aliphatic heterocycles. The van der Waals surface area contributed by atoms with E-state index < -0.39 is 10.0 Å². The molecule has 0 unspecified atom stereocenters. The van der Waals surface area contributed by atoms with Gasteiger partial charge in [0.1, 0.15) is 10.1 Å². The van der Waals surface area contributed by atoms with Crippen LogP contribution in [0.25, 0.3) is 0 Å². The topological polar surface area (TPSA) is 82.1 Å². The van der Waals surface area contributed by atoms with Crippen LogP contribution >= 0.6 is 34.8 Å². The minimum absolute atomic E-state index is 0.0966. The summed E-state index contributed by atoms with van der Waals surface area (Å²) in [6.07, 6.45) is 5.27. The fourth-order valence-corrected chi connectivity index (χ4v) is 6.14. The number of carbonyl (C=O) groups excluding carboxylic acids is 1. The lowest BCUT2D eigenvalue weighted by atomic mass is 10.0. The van der Waals surface area contributed by atoms with Crippen LogP contribution in [0.3, 0.4) is 0 Å². The molecule has 1 N–H and O–H groups in total. The van der Waals surface area contributed by atoms with Crippen molar-refractivity contribution in [3.63, 3.8) is 0 Å². The maximum absolute atomic E-state index is 13.4. The molecule has 204 valence electrons. The van der Waals surface area contributed by atoms with Crippen molar-refractivity contribution in [1.29, 1.82) is 0 Å². The predicted molar refractivity (Wildman–Crippen MR) is 158 cm³/mol. The number of anilines is 1. The molecule has 0 aromatic heterocycles. The van der Waals surface area contributed by atoms with E-state index in [0.29, 0.717) is 22.3 Å². The van der Waals surface area contributed by atoms with Crippen LogP contribution < -0.4 is 4.72 Å². The van der Waals surface area contributed by atoms with E-state index in [4.69, 9.17) is 34.8 Å². The van der Waals surface area contributed by atoms with Crippen molar-refractivity contribution in [1.82, 2.24) is 9.80 Å².